The highest BCUT2D eigenvalue weighted by molar-refractivity contribution is 5.79. The Kier molecular flexibility index (Phi) is 4.75. The van der Waals surface area contributed by atoms with E-state index in [9.17, 15) is 9.59 Å². The van der Waals surface area contributed by atoms with E-state index < -0.39 is 0 Å². The molecule has 0 bridgehead atoms. The Morgan fingerprint density at radius 3 is 3.00 bits per heavy atom. The van der Waals surface area contributed by atoms with E-state index in [1.54, 1.807) is 0 Å². The first-order valence-corrected chi connectivity index (χ1v) is 8.22. The second kappa shape index (κ2) is 6.75. The van der Waals surface area contributed by atoms with Crippen molar-refractivity contribution >= 4 is 11.8 Å². The second-order valence-corrected chi connectivity index (χ2v) is 6.48. The minimum atomic E-state index is 0.174. The molecular weight excluding hydrogens is 268 g/mol. The van der Waals surface area contributed by atoms with Gasteiger partial charge in [0.15, 0.2) is 0 Å². The molecule has 3 aliphatic heterocycles. The first kappa shape index (κ1) is 14.8. The van der Waals surface area contributed by atoms with Crippen molar-refractivity contribution in [3.63, 3.8) is 0 Å². The van der Waals surface area contributed by atoms with Crippen LogP contribution in [-0.4, -0.2) is 73.5 Å². The Morgan fingerprint density at radius 2 is 2.10 bits per heavy atom. The fourth-order valence-corrected chi connectivity index (χ4v) is 3.69. The van der Waals surface area contributed by atoms with E-state index in [1.807, 2.05) is 4.90 Å². The zero-order valence-electron chi connectivity index (χ0n) is 12.6. The van der Waals surface area contributed by atoms with Gasteiger partial charge in [0.05, 0.1) is 6.54 Å². The molecule has 2 unspecified atom stereocenters. The molecule has 21 heavy (non-hydrogen) atoms. The van der Waals surface area contributed by atoms with Gasteiger partial charge in [0.25, 0.3) is 0 Å². The van der Waals surface area contributed by atoms with Gasteiger partial charge in [-0.15, -0.1) is 0 Å². The number of likely N-dealkylation sites (tertiary alicyclic amines) is 1. The number of rotatable bonds is 2. The van der Waals surface area contributed by atoms with Crippen molar-refractivity contribution in [3.8, 4) is 0 Å². The molecule has 0 saturated carbocycles. The lowest BCUT2D eigenvalue weighted by Gasteiger charge is -2.41. The summed E-state index contributed by atoms with van der Waals surface area (Å²) in [6.45, 7) is 6.14. The number of nitrogens with one attached hydrogen (secondary N) is 2. The lowest BCUT2D eigenvalue weighted by atomic mass is 9.85. The van der Waals surface area contributed by atoms with Crippen molar-refractivity contribution in [1.82, 2.24) is 20.4 Å². The van der Waals surface area contributed by atoms with Crippen LogP contribution in [0.15, 0.2) is 0 Å². The maximum absolute atomic E-state index is 12.5. The zero-order chi connectivity index (χ0) is 14.7. The smallest absolute Gasteiger partial charge is 0.236 e. The number of carbonyl (C=O) groups is 2. The predicted octanol–water partition coefficient (Wildman–Crippen LogP) is -0.591. The molecule has 0 aromatic rings. The fraction of sp³-hybridized carbons (Fsp3) is 0.867. The molecule has 2 atom stereocenters. The molecule has 6 heteroatoms. The number of hydrogen-bond donors (Lipinski definition) is 2. The maximum atomic E-state index is 12.5. The number of fused-ring (bicyclic) bond motifs is 1. The van der Waals surface area contributed by atoms with E-state index >= 15 is 0 Å². The van der Waals surface area contributed by atoms with Crippen LogP contribution in [0.2, 0.25) is 0 Å². The van der Waals surface area contributed by atoms with E-state index in [0.29, 0.717) is 18.9 Å². The minimum Gasteiger partial charge on any atom is -0.353 e. The molecule has 118 valence electrons. The van der Waals surface area contributed by atoms with Crippen molar-refractivity contribution in [2.75, 3.05) is 45.8 Å². The molecule has 0 aliphatic carbocycles. The fourth-order valence-electron chi connectivity index (χ4n) is 3.69. The molecule has 3 rings (SSSR count). The van der Waals surface area contributed by atoms with Crippen LogP contribution in [0.3, 0.4) is 0 Å². The summed E-state index contributed by atoms with van der Waals surface area (Å²) in [5.41, 5.74) is 0. The van der Waals surface area contributed by atoms with Crippen LogP contribution in [-0.2, 0) is 9.59 Å². The van der Waals surface area contributed by atoms with Crippen molar-refractivity contribution in [2.45, 2.75) is 31.7 Å². The van der Waals surface area contributed by atoms with Gasteiger partial charge in [0, 0.05) is 38.6 Å². The van der Waals surface area contributed by atoms with Gasteiger partial charge in [-0.05, 0) is 38.3 Å². The normalized spacial score (nSPS) is 31.2. The van der Waals surface area contributed by atoms with Crippen molar-refractivity contribution in [3.05, 3.63) is 0 Å². The molecule has 3 aliphatic rings. The second-order valence-electron chi connectivity index (χ2n) is 6.48. The molecule has 3 fully saturated rings. The summed E-state index contributed by atoms with van der Waals surface area (Å²) in [7, 11) is 0. The molecule has 2 amide bonds. The monoisotopic (exact) mass is 294 g/mol. The standard InChI is InChI=1S/C15H26N4O2/c20-14-3-2-12-10-19(8-4-13(12)17-14)15(21)11-18-7-1-5-16-6-9-18/h12-13,16H,1-11H2,(H,17,20). The SMILES string of the molecule is O=C1CCC2CN(C(=O)CN3CCCNCC3)CCC2N1. The average Bonchev–Trinajstić information content (AvgIpc) is 2.75. The van der Waals surface area contributed by atoms with Crippen LogP contribution in [0.5, 0.6) is 0 Å². The molecule has 0 radical (unpaired) electrons. The van der Waals surface area contributed by atoms with Crippen molar-refractivity contribution < 1.29 is 9.59 Å². The van der Waals surface area contributed by atoms with Gasteiger partial charge in [-0.1, -0.05) is 0 Å². The number of nitrogens with zero attached hydrogens (tertiary/aromatic N) is 2. The van der Waals surface area contributed by atoms with Crippen LogP contribution in [0.4, 0.5) is 0 Å². The third-order valence-electron chi connectivity index (χ3n) is 4.97. The van der Waals surface area contributed by atoms with E-state index in [4.69, 9.17) is 0 Å². The largest absolute Gasteiger partial charge is 0.353 e. The van der Waals surface area contributed by atoms with Gasteiger partial charge in [0.1, 0.15) is 0 Å². The first-order valence-electron chi connectivity index (χ1n) is 8.22. The molecule has 0 aromatic carbocycles. The molecular formula is C15H26N4O2. The summed E-state index contributed by atoms with van der Waals surface area (Å²) >= 11 is 0. The van der Waals surface area contributed by atoms with Gasteiger partial charge in [-0.3, -0.25) is 14.5 Å². The number of piperidine rings is 2. The molecule has 6 nitrogen and oxygen atoms in total. The topological polar surface area (TPSA) is 64.7 Å². The minimum absolute atomic E-state index is 0.174. The predicted molar refractivity (Wildman–Crippen MR) is 79.8 cm³/mol. The zero-order valence-corrected chi connectivity index (χ0v) is 12.6. The van der Waals surface area contributed by atoms with Crippen LogP contribution in [0.25, 0.3) is 0 Å². The number of hydrogen-bond acceptors (Lipinski definition) is 4. The maximum Gasteiger partial charge on any atom is 0.236 e. The molecule has 3 saturated heterocycles. The lowest BCUT2D eigenvalue weighted by Crippen LogP contribution is -2.56. The van der Waals surface area contributed by atoms with Crippen molar-refractivity contribution in [1.29, 1.82) is 0 Å². The quantitative estimate of drug-likeness (QED) is 0.714. The van der Waals surface area contributed by atoms with Gasteiger partial charge in [0.2, 0.25) is 11.8 Å². The molecule has 2 N–H and O–H groups in total. The van der Waals surface area contributed by atoms with Crippen LogP contribution < -0.4 is 10.6 Å². The number of amides is 2. The highest BCUT2D eigenvalue weighted by Crippen LogP contribution is 2.25. The molecule has 0 aromatic heterocycles. The Balaban J connectivity index is 1.50. The van der Waals surface area contributed by atoms with Gasteiger partial charge in [-0.25, -0.2) is 0 Å². The van der Waals surface area contributed by atoms with Crippen LogP contribution in [0.1, 0.15) is 25.7 Å². The lowest BCUT2D eigenvalue weighted by molar-refractivity contribution is -0.135. The van der Waals surface area contributed by atoms with E-state index in [0.717, 1.165) is 58.5 Å². The number of carbonyl (C=O) groups excluding carboxylic acids is 2. The summed E-state index contributed by atoms with van der Waals surface area (Å²) in [6, 6.07) is 0.290. The average molecular weight is 294 g/mol. The Labute approximate surface area is 126 Å². The summed E-state index contributed by atoms with van der Waals surface area (Å²) in [5.74, 6) is 0.881. The third kappa shape index (κ3) is 3.74. The summed E-state index contributed by atoms with van der Waals surface area (Å²) in [5, 5.41) is 6.44. The van der Waals surface area contributed by atoms with E-state index in [2.05, 4.69) is 15.5 Å². The Hall–Kier alpha value is -1.14. The summed E-state index contributed by atoms with van der Waals surface area (Å²) in [6.07, 6.45) is 3.56. The van der Waals surface area contributed by atoms with Crippen LogP contribution in [0, 0.1) is 5.92 Å². The summed E-state index contributed by atoms with van der Waals surface area (Å²) < 4.78 is 0. The van der Waals surface area contributed by atoms with E-state index in [-0.39, 0.29) is 17.9 Å². The van der Waals surface area contributed by atoms with Crippen molar-refractivity contribution in [2.24, 2.45) is 5.92 Å². The van der Waals surface area contributed by atoms with Gasteiger partial charge >= 0.3 is 0 Å². The Morgan fingerprint density at radius 1 is 1.19 bits per heavy atom. The van der Waals surface area contributed by atoms with Crippen LogP contribution >= 0.6 is 0 Å². The highest BCUT2D eigenvalue weighted by Gasteiger charge is 2.35. The highest BCUT2D eigenvalue weighted by atomic mass is 16.2. The van der Waals surface area contributed by atoms with E-state index in [1.165, 1.54) is 0 Å². The van der Waals surface area contributed by atoms with Gasteiger partial charge in [-0.2, -0.15) is 0 Å². The Bertz CT molecular complexity index is 393. The summed E-state index contributed by atoms with van der Waals surface area (Å²) in [4.78, 5) is 28.2. The molecule has 0 spiro atoms. The third-order valence-corrected chi connectivity index (χ3v) is 4.97. The first-order chi connectivity index (χ1) is 10.2. The van der Waals surface area contributed by atoms with Gasteiger partial charge < -0.3 is 15.5 Å². The molecule has 3 heterocycles.